The number of fused-ring (bicyclic) bond motifs is 1. The van der Waals surface area contributed by atoms with Gasteiger partial charge < -0.3 is 14.6 Å². The molecule has 8 heteroatoms. The van der Waals surface area contributed by atoms with Crippen LogP contribution in [0.2, 0.25) is 0 Å². The number of aromatic hydroxyl groups is 1. The van der Waals surface area contributed by atoms with E-state index in [-0.39, 0.29) is 17.4 Å². The van der Waals surface area contributed by atoms with Crippen LogP contribution in [-0.2, 0) is 14.4 Å². The van der Waals surface area contributed by atoms with Crippen molar-refractivity contribution in [2.45, 2.75) is 25.5 Å². The van der Waals surface area contributed by atoms with E-state index < -0.39 is 24.0 Å². The molecule has 3 aromatic rings. The molecule has 1 N–H and O–H groups in total. The Bertz CT molecular complexity index is 1230. The average Bonchev–Trinajstić information content (AvgIpc) is 3.40. The van der Waals surface area contributed by atoms with Crippen LogP contribution in [0.25, 0.3) is 0 Å². The van der Waals surface area contributed by atoms with Gasteiger partial charge in [0.25, 0.3) is 5.91 Å². The van der Waals surface area contributed by atoms with Gasteiger partial charge >= 0.3 is 0 Å². The molecule has 0 radical (unpaired) electrons. The molecule has 0 aromatic heterocycles. The number of rotatable bonds is 7. The molecule has 2 aliphatic heterocycles. The zero-order chi connectivity index (χ0) is 24.5. The number of imide groups is 1. The summed E-state index contributed by atoms with van der Waals surface area (Å²) in [5.74, 6) is -0.619. The normalized spacial score (nSPS) is 21.4. The number of carbonyl (C=O) groups excluding carboxylic acids is 2. The molecular weight excluding hydrogens is 448 g/mol. The summed E-state index contributed by atoms with van der Waals surface area (Å²) in [6, 6.07) is 20.5. The van der Waals surface area contributed by atoms with Crippen LogP contribution in [0.4, 0.5) is 11.4 Å². The van der Waals surface area contributed by atoms with Gasteiger partial charge in [0.05, 0.1) is 31.1 Å². The second-order valence-corrected chi connectivity index (χ2v) is 8.44. The minimum Gasteiger partial charge on any atom is -0.504 e. The third kappa shape index (κ3) is 3.95. The maximum atomic E-state index is 13.7. The van der Waals surface area contributed by atoms with Gasteiger partial charge in [-0.2, -0.15) is 0 Å². The summed E-state index contributed by atoms with van der Waals surface area (Å²) in [5.41, 5.74) is 1.86. The minimum absolute atomic E-state index is 0.0150. The summed E-state index contributed by atoms with van der Waals surface area (Å²) >= 11 is 0. The number of anilines is 2. The number of phenols is 1. The van der Waals surface area contributed by atoms with Crippen LogP contribution < -0.4 is 19.4 Å². The number of nitrogens with zero attached hydrogens (tertiary/aromatic N) is 2. The number of methoxy groups -OCH3 is 1. The van der Waals surface area contributed by atoms with E-state index in [1.165, 1.54) is 18.1 Å². The van der Waals surface area contributed by atoms with Crippen molar-refractivity contribution in [3.8, 4) is 17.2 Å². The molecule has 2 fully saturated rings. The van der Waals surface area contributed by atoms with Crippen molar-refractivity contribution in [2.24, 2.45) is 5.92 Å². The maximum Gasteiger partial charge on any atom is 0.266 e. The van der Waals surface area contributed by atoms with Crippen LogP contribution in [0.5, 0.6) is 17.2 Å². The third-order valence-corrected chi connectivity index (χ3v) is 6.24. The van der Waals surface area contributed by atoms with E-state index in [2.05, 4.69) is 0 Å². The Labute approximate surface area is 203 Å². The summed E-state index contributed by atoms with van der Waals surface area (Å²) in [6.07, 6.45) is -0.101. The fraction of sp³-hybridized carbons (Fsp3) is 0.259. The van der Waals surface area contributed by atoms with E-state index in [9.17, 15) is 14.7 Å². The van der Waals surface area contributed by atoms with E-state index in [0.717, 1.165) is 6.42 Å². The van der Waals surface area contributed by atoms with Crippen molar-refractivity contribution in [3.63, 3.8) is 0 Å². The monoisotopic (exact) mass is 474 g/mol. The molecule has 2 heterocycles. The summed E-state index contributed by atoms with van der Waals surface area (Å²) < 4.78 is 10.9. The Morgan fingerprint density at radius 2 is 1.69 bits per heavy atom. The quantitative estimate of drug-likeness (QED) is 0.513. The molecule has 3 aromatic carbocycles. The van der Waals surface area contributed by atoms with Crippen LogP contribution in [0.1, 0.15) is 24.9 Å². The Hall–Kier alpha value is -4.04. The van der Waals surface area contributed by atoms with Gasteiger partial charge in [-0.25, -0.2) is 9.96 Å². The first kappa shape index (κ1) is 22.7. The number of hydrogen-bond donors (Lipinski definition) is 1. The number of hydroxylamine groups is 1. The largest absolute Gasteiger partial charge is 0.504 e. The minimum atomic E-state index is -0.983. The number of hydrogen-bond acceptors (Lipinski definition) is 7. The van der Waals surface area contributed by atoms with Crippen LogP contribution in [0.15, 0.2) is 72.8 Å². The van der Waals surface area contributed by atoms with Crippen molar-refractivity contribution in [1.29, 1.82) is 0 Å². The number of carbonyl (C=O) groups is 2. The number of para-hydroxylation sites is 1. The van der Waals surface area contributed by atoms with E-state index in [1.807, 2.05) is 37.3 Å². The van der Waals surface area contributed by atoms with Crippen LogP contribution >= 0.6 is 0 Å². The van der Waals surface area contributed by atoms with E-state index in [1.54, 1.807) is 41.5 Å². The number of benzene rings is 3. The predicted octanol–water partition coefficient (Wildman–Crippen LogP) is 4.24. The topological polar surface area (TPSA) is 88.5 Å². The summed E-state index contributed by atoms with van der Waals surface area (Å²) in [6.45, 7) is 2.61. The summed E-state index contributed by atoms with van der Waals surface area (Å²) in [5, 5.41) is 11.7. The Morgan fingerprint density at radius 1 is 0.943 bits per heavy atom. The van der Waals surface area contributed by atoms with Crippen molar-refractivity contribution >= 4 is 23.2 Å². The van der Waals surface area contributed by atoms with Crippen LogP contribution in [0, 0.1) is 5.92 Å². The van der Waals surface area contributed by atoms with Gasteiger partial charge in [0.15, 0.2) is 17.6 Å². The lowest BCUT2D eigenvalue weighted by Gasteiger charge is -2.29. The molecule has 0 spiro atoms. The first-order valence-corrected chi connectivity index (χ1v) is 11.5. The fourth-order valence-electron chi connectivity index (χ4n) is 4.60. The van der Waals surface area contributed by atoms with Gasteiger partial charge in [-0.3, -0.25) is 14.4 Å². The molecule has 0 saturated carbocycles. The highest BCUT2D eigenvalue weighted by Crippen LogP contribution is 2.48. The van der Waals surface area contributed by atoms with Gasteiger partial charge in [0.2, 0.25) is 5.91 Å². The van der Waals surface area contributed by atoms with Gasteiger partial charge in [-0.05, 0) is 60.5 Å². The maximum absolute atomic E-state index is 13.7. The summed E-state index contributed by atoms with van der Waals surface area (Å²) in [7, 11) is 1.46. The zero-order valence-corrected chi connectivity index (χ0v) is 19.5. The average molecular weight is 475 g/mol. The number of amides is 2. The zero-order valence-electron chi connectivity index (χ0n) is 19.5. The standard InChI is InChI=1S/C27H26N2O6/c1-3-15-34-20-12-10-18(11-13-20)28-26(31)23-24(17-9-14-21(30)22(16-17)33-2)29(35-25(23)27(28)32)19-7-5-4-6-8-19/h4-14,16,23-25,30H,3,15H2,1-2H3/t23-,24-,25+/m1/s1. The molecule has 2 aliphatic rings. The lowest BCUT2D eigenvalue weighted by molar-refractivity contribution is -0.126. The smallest absolute Gasteiger partial charge is 0.266 e. The van der Waals surface area contributed by atoms with Gasteiger partial charge in [0, 0.05) is 0 Å². The number of ether oxygens (including phenoxy) is 2. The Balaban J connectivity index is 1.52. The highest BCUT2D eigenvalue weighted by Gasteiger charge is 2.60. The van der Waals surface area contributed by atoms with Gasteiger partial charge in [-0.1, -0.05) is 31.2 Å². The van der Waals surface area contributed by atoms with Crippen LogP contribution in [-0.4, -0.2) is 36.7 Å². The van der Waals surface area contributed by atoms with Gasteiger partial charge in [0.1, 0.15) is 11.7 Å². The molecule has 0 bridgehead atoms. The Kier molecular flexibility index (Phi) is 6.05. The van der Waals surface area contributed by atoms with Crippen LogP contribution in [0.3, 0.4) is 0 Å². The van der Waals surface area contributed by atoms with Crippen molar-refractivity contribution in [2.75, 3.05) is 23.7 Å². The first-order chi connectivity index (χ1) is 17.0. The molecule has 2 saturated heterocycles. The van der Waals surface area contributed by atoms with Crippen molar-refractivity contribution in [1.82, 2.24) is 0 Å². The lowest BCUT2D eigenvalue weighted by atomic mass is 9.90. The lowest BCUT2D eigenvalue weighted by Crippen LogP contribution is -2.37. The molecule has 0 unspecified atom stereocenters. The summed E-state index contributed by atoms with van der Waals surface area (Å²) in [4.78, 5) is 34.5. The van der Waals surface area contributed by atoms with E-state index in [4.69, 9.17) is 14.3 Å². The van der Waals surface area contributed by atoms with E-state index in [0.29, 0.717) is 29.3 Å². The second kappa shape index (κ2) is 9.31. The van der Waals surface area contributed by atoms with Crippen molar-refractivity contribution in [3.05, 3.63) is 78.4 Å². The fourth-order valence-corrected chi connectivity index (χ4v) is 4.60. The molecule has 3 atom stereocenters. The van der Waals surface area contributed by atoms with Gasteiger partial charge in [-0.15, -0.1) is 0 Å². The predicted molar refractivity (Wildman–Crippen MR) is 129 cm³/mol. The molecule has 180 valence electrons. The van der Waals surface area contributed by atoms with E-state index >= 15 is 0 Å². The highest BCUT2D eigenvalue weighted by molar-refractivity contribution is 6.23. The van der Waals surface area contributed by atoms with Crippen molar-refractivity contribution < 1.29 is 29.0 Å². The highest BCUT2D eigenvalue weighted by atomic mass is 16.7. The SMILES string of the molecule is CCCOc1ccc(N2C(=O)[C@H]3[C@H](ON(c4ccccc4)[C@@H]3c3ccc(O)c(OC)c3)C2=O)cc1. The number of phenolic OH excluding ortho intramolecular Hbond substituents is 1. The second-order valence-electron chi connectivity index (χ2n) is 8.44. The Morgan fingerprint density at radius 3 is 2.37 bits per heavy atom. The first-order valence-electron chi connectivity index (χ1n) is 11.5. The molecule has 5 rings (SSSR count). The molecule has 8 nitrogen and oxygen atoms in total. The molecular formula is C27H26N2O6. The molecule has 35 heavy (non-hydrogen) atoms. The molecule has 2 amide bonds. The molecule has 0 aliphatic carbocycles. The third-order valence-electron chi connectivity index (χ3n) is 6.24.